The third-order valence-corrected chi connectivity index (χ3v) is 2.73. The maximum Gasteiger partial charge on any atom is 0.278 e. The van der Waals surface area contributed by atoms with Crippen molar-refractivity contribution in [3.8, 4) is 0 Å². The van der Waals surface area contributed by atoms with Crippen LogP contribution in [0, 0.1) is 6.92 Å². The van der Waals surface area contributed by atoms with Gasteiger partial charge in [0.25, 0.3) is 5.91 Å². The highest BCUT2D eigenvalue weighted by Crippen LogP contribution is 2.05. The molecule has 0 atom stereocenters. The number of rotatable bonds is 4. The molecule has 5 nitrogen and oxygen atoms in total. The average Bonchev–Trinajstić information content (AvgIpc) is 2.71. The lowest BCUT2D eigenvalue weighted by Crippen LogP contribution is -2.24. The molecule has 0 saturated carbocycles. The molecule has 1 aromatic heterocycles. The smallest absolute Gasteiger partial charge is 0.272 e. The summed E-state index contributed by atoms with van der Waals surface area (Å²) in [7, 11) is 1.79. The molecule has 0 fully saturated rings. The summed E-state index contributed by atoms with van der Waals surface area (Å²) >= 11 is 0. The molecule has 18 heavy (non-hydrogen) atoms. The van der Waals surface area contributed by atoms with Gasteiger partial charge in [0.05, 0.1) is 18.4 Å². The summed E-state index contributed by atoms with van der Waals surface area (Å²) in [6, 6.07) is 9.64. The Morgan fingerprint density at radius 3 is 2.72 bits per heavy atom. The van der Waals surface area contributed by atoms with E-state index in [1.165, 1.54) is 6.20 Å². The molecule has 0 radical (unpaired) electrons. The van der Waals surface area contributed by atoms with Crippen molar-refractivity contribution in [1.82, 2.24) is 15.3 Å². The summed E-state index contributed by atoms with van der Waals surface area (Å²) in [6.07, 6.45) is 1.52. The van der Waals surface area contributed by atoms with E-state index >= 15 is 0 Å². The standard InChI is InChI=1S/C13H15N3O2/c1-10-12(8-14-16(10)2)13(17)15-18-9-11-6-4-3-5-7-11/h3-8H,9H2,1-2H3,(H,15,17). The van der Waals surface area contributed by atoms with Crippen LogP contribution in [-0.4, -0.2) is 15.7 Å². The van der Waals surface area contributed by atoms with Crippen LogP contribution in [0.3, 0.4) is 0 Å². The van der Waals surface area contributed by atoms with Gasteiger partial charge in [-0.1, -0.05) is 30.3 Å². The van der Waals surface area contributed by atoms with Gasteiger partial charge in [0.1, 0.15) is 0 Å². The van der Waals surface area contributed by atoms with Gasteiger partial charge in [-0.2, -0.15) is 5.10 Å². The van der Waals surface area contributed by atoms with Gasteiger partial charge in [0.15, 0.2) is 0 Å². The summed E-state index contributed by atoms with van der Waals surface area (Å²) in [5, 5.41) is 4.00. The van der Waals surface area contributed by atoms with Crippen molar-refractivity contribution in [3.05, 3.63) is 53.3 Å². The van der Waals surface area contributed by atoms with Crippen molar-refractivity contribution in [3.63, 3.8) is 0 Å². The summed E-state index contributed by atoms with van der Waals surface area (Å²) in [5.74, 6) is -0.281. The van der Waals surface area contributed by atoms with Gasteiger partial charge in [0.2, 0.25) is 0 Å². The number of carbonyl (C=O) groups excluding carboxylic acids is 1. The van der Waals surface area contributed by atoms with Crippen molar-refractivity contribution in [2.24, 2.45) is 7.05 Å². The monoisotopic (exact) mass is 245 g/mol. The van der Waals surface area contributed by atoms with Crippen LogP contribution in [0.15, 0.2) is 36.5 Å². The maximum atomic E-state index is 11.8. The first-order valence-corrected chi connectivity index (χ1v) is 5.63. The van der Waals surface area contributed by atoms with Crippen LogP contribution >= 0.6 is 0 Å². The molecule has 94 valence electrons. The van der Waals surface area contributed by atoms with Gasteiger partial charge in [-0.25, -0.2) is 5.48 Å². The molecular formula is C13H15N3O2. The van der Waals surface area contributed by atoms with Crippen molar-refractivity contribution >= 4 is 5.91 Å². The van der Waals surface area contributed by atoms with Gasteiger partial charge in [0, 0.05) is 12.7 Å². The molecule has 0 spiro atoms. The number of hydrogen-bond donors (Lipinski definition) is 1. The molecule has 2 aromatic rings. The van der Waals surface area contributed by atoms with Crippen LogP contribution in [0.2, 0.25) is 0 Å². The zero-order chi connectivity index (χ0) is 13.0. The van der Waals surface area contributed by atoms with E-state index in [-0.39, 0.29) is 5.91 Å². The summed E-state index contributed by atoms with van der Waals surface area (Å²) in [4.78, 5) is 16.9. The van der Waals surface area contributed by atoms with Crippen molar-refractivity contribution < 1.29 is 9.63 Å². The van der Waals surface area contributed by atoms with E-state index in [0.29, 0.717) is 12.2 Å². The molecule has 5 heteroatoms. The molecule has 0 aliphatic carbocycles. The molecule has 0 aliphatic heterocycles. The molecule has 1 aromatic carbocycles. The number of benzene rings is 1. The largest absolute Gasteiger partial charge is 0.278 e. The SMILES string of the molecule is Cc1c(C(=O)NOCc2ccccc2)cnn1C. The maximum absolute atomic E-state index is 11.8. The van der Waals surface area contributed by atoms with Crippen molar-refractivity contribution in [2.75, 3.05) is 0 Å². The lowest BCUT2D eigenvalue weighted by molar-refractivity contribution is 0.0233. The Morgan fingerprint density at radius 1 is 1.39 bits per heavy atom. The Hall–Kier alpha value is -2.14. The van der Waals surface area contributed by atoms with E-state index < -0.39 is 0 Å². The number of hydroxylamine groups is 1. The van der Waals surface area contributed by atoms with Crippen LogP contribution in [0.5, 0.6) is 0 Å². The topological polar surface area (TPSA) is 56.1 Å². The number of aromatic nitrogens is 2. The second-order valence-corrected chi connectivity index (χ2v) is 3.97. The number of carbonyl (C=O) groups is 1. The number of hydrogen-bond acceptors (Lipinski definition) is 3. The van der Waals surface area contributed by atoms with Crippen molar-refractivity contribution in [1.29, 1.82) is 0 Å². The Morgan fingerprint density at radius 2 is 2.11 bits per heavy atom. The fourth-order valence-corrected chi connectivity index (χ4v) is 1.54. The lowest BCUT2D eigenvalue weighted by atomic mass is 10.2. The Labute approximate surface area is 105 Å². The number of nitrogens with zero attached hydrogens (tertiary/aromatic N) is 2. The van der Waals surface area contributed by atoms with Crippen molar-refractivity contribution in [2.45, 2.75) is 13.5 Å². The fourth-order valence-electron chi connectivity index (χ4n) is 1.54. The molecule has 0 saturated heterocycles. The van der Waals surface area contributed by atoms with Crippen LogP contribution < -0.4 is 5.48 Å². The van der Waals surface area contributed by atoms with Crippen LogP contribution in [-0.2, 0) is 18.5 Å². The molecule has 1 amide bonds. The first kappa shape index (κ1) is 12.3. The van der Waals surface area contributed by atoms with E-state index in [1.54, 1.807) is 11.7 Å². The quantitative estimate of drug-likeness (QED) is 0.832. The molecule has 1 N–H and O–H groups in total. The summed E-state index contributed by atoms with van der Waals surface area (Å²) in [6.45, 7) is 2.17. The highest BCUT2D eigenvalue weighted by atomic mass is 16.6. The fraction of sp³-hybridized carbons (Fsp3) is 0.231. The third-order valence-electron chi connectivity index (χ3n) is 2.73. The first-order chi connectivity index (χ1) is 8.68. The zero-order valence-electron chi connectivity index (χ0n) is 10.4. The predicted octanol–water partition coefficient (Wildman–Crippen LogP) is 1.59. The number of amides is 1. The van der Waals surface area contributed by atoms with Crippen LogP contribution in [0.4, 0.5) is 0 Å². The minimum atomic E-state index is -0.281. The normalized spacial score (nSPS) is 10.3. The van der Waals surface area contributed by atoms with Gasteiger partial charge < -0.3 is 0 Å². The van der Waals surface area contributed by atoms with Gasteiger partial charge >= 0.3 is 0 Å². The highest BCUT2D eigenvalue weighted by Gasteiger charge is 2.12. The Balaban J connectivity index is 1.88. The minimum Gasteiger partial charge on any atom is -0.272 e. The number of nitrogens with one attached hydrogen (secondary N) is 1. The predicted molar refractivity (Wildman–Crippen MR) is 66.6 cm³/mol. The van der Waals surface area contributed by atoms with Crippen LogP contribution in [0.1, 0.15) is 21.6 Å². The molecular weight excluding hydrogens is 230 g/mol. The van der Waals surface area contributed by atoms with E-state index in [4.69, 9.17) is 4.84 Å². The molecule has 0 bridgehead atoms. The Bertz CT molecular complexity index is 534. The minimum absolute atomic E-state index is 0.281. The van der Waals surface area contributed by atoms with Crippen LogP contribution in [0.25, 0.3) is 0 Å². The molecule has 2 rings (SSSR count). The van der Waals surface area contributed by atoms with E-state index in [0.717, 1.165) is 11.3 Å². The second kappa shape index (κ2) is 5.46. The average molecular weight is 245 g/mol. The van der Waals surface area contributed by atoms with Gasteiger partial charge in [-0.05, 0) is 12.5 Å². The van der Waals surface area contributed by atoms with Gasteiger partial charge in [-0.3, -0.25) is 14.3 Å². The zero-order valence-corrected chi connectivity index (χ0v) is 10.4. The summed E-state index contributed by atoms with van der Waals surface area (Å²) < 4.78 is 1.64. The summed E-state index contributed by atoms with van der Waals surface area (Å²) in [5.41, 5.74) is 4.73. The number of aryl methyl sites for hydroxylation is 1. The van der Waals surface area contributed by atoms with E-state index in [1.807, 2.05) is 37.3 Å². The first-order valence-electron chi connectivity index (χ1n) is 5.63. The lowest BCUT2D eigenvalue weighted by Gasteiger charge is -2.05. The second-order valence-electron chi connectivity index (χ2n) is 3.97. The Kier molecular flexibility index (Phi) is 3.74. The van der Waals surface area contributed by atoms with E-state index in [2.05, 4.69) is 10.6 Å². The highest BCUT2D eigenvalue weighted by molar-refractivity contribution is 5.94. The third kappa shape index (κ3) is 2.75. The molecule has 1 heterocycles. The van der Waals surface area contributed by atoms with Gasteiger partial charge in [-0.15, -0.1) is 0 Å². The molecule has 0 unspecified atom stereocenters. The molecule has 0 aliphatic rings. The van der Waals surface area contributed by atoms with E-state index in [9.17, 15) is 4.79 Å².